The summed E-state index contributed by atoms with van der Waals surface area (Å²) in [6.45, 7) is 0.825. The standard InChI is InChI=1S/C15H24N2O2S/c16-10-14-7-4-8-15(9-14)11-17-20(18,19)12-13-5-2-1-3-6-13/h4,7-9,13,17H,1-3,5-6,10-12,16H2. The quantitative estimate of drug-likeness (QED) is 0.845. The van der Waals surface area contributed by atoms with Gasteiger partial charge < -0.3 is 5.73 Å². The minimum Gasteiger partial charge on any atom is -0.326 e. The summed E-state index contributed by atoms with van der Waals surface area (Å²) in [6.07, 6.45) is 5.67. The Bertz CT molecular complexity index is 522. The van der Waals surface area contributed by atoms with Crippen LogP contribution in [0.2, 0.25) is 0 Å². The van der Waals surface area contributed by atoms with Crippen molar-refractivity contribution in [3.05, 3.63) is 35.4 Å². The first-order valence-corrected chi connectivity index (χ1v) is 8.99. The van der Waals surface area contributed by atoms with Crippen LogP contribution in [0.25, 0.3) is 0 Å². The van der Waals surface area contributed by atoms with Crippen molar-refractivity contribution in [3.8, 4) is 0 Å². The first-order chi connectivity index (χ1) is 9.59. The molecule has 0 heterocycles. The van der Waals surface area contributed by atoms with Gasteiger partial charge in [0.1, 0.15) is 0 Å². The van der Waals surface area contributed by atoms with E-state index in [0.29, 0.717) is 19.0 Å². The van der Waals surface area contributed by atoms with Gasteiger partial charge in [-0.15, -0.1) is 0 Å². The van der Waals surface area contributed by atoms with Crippen LogP contribution in [0.4, 0.5) is 0 Å². The third kappa shape index (κ3) is 4.89. The van der Waals surface area contributed by atoms with E-state index in [1.807, 2.05) is 24.3 Å². The van der Waals surface area contributed by atoms with Gasteiger partial charge in [-0.3, -0.25) is 0 Å². The van der Waals surface area contributed by atoms with Crippen LogP contribution in [-0.4, -0.2) is 14.2 Å². The van der Waals surface area contributed by atoms with Crippen molar-refractivity contribution in [1.82, 2.24) is 4.72 Å². The van der Waals surface area contributed by atoms with Gasteiger partial charge in [-0.05, 0) is 29.9 Å². The summed E-state index contributed by atoms with van der Waals surface area (Å²) < 4.78 is 26.9. The second-order valence-electron chi connectivity index (χ2n) is 5.63. The minimum absolute atomic E-state index is 0.267. The Morgan fingerprint density at radius 2 is 1.85 bits per heavy atom. The van der Waals surface area contributed by atoms with E-state index in [0.717, 1.165) is 24.0 Å². The molecule has 0 amide bonds. The molecule has 0 aromatic heterocycles. The van der Waals surface area contributed by atoms with E-state index in [4.69, 9.17) is 5.73 Å². The fourth-order valence-corrected chi connectivity index (χ4v) is 4.24. The largest absolute Gasteiger partial charge is 0.326 e. The number of sulfonamides is 1. The highest BCUT2D eigenvalue weighted by molar-refractivity contribution is 7.89. The zero-order valence-electron chi connectivity index (χ0n) is 11.8. The Kier molecular flexibility index (Phi) is 5.57. The maximum absolute atomic E-state index is 12.1. The highest BCUT2D eigenvalue weighted by Crippen LogP contribution is 2.24. The Morgan fingerprint density at radius 1 is 1.15 bits per heavy atom. The summed E-state index contributed by atoms with van der Waals surface area (Å²) >= 11 is 0. The van der Waals surface area contributed by atoms with Crippen LogP contribution in [0.5, 0.6) is 0 Å². The maximum atomic E-state index is 12.1. The molecule has 0 radical (unpaired) electrons. The molecule has 0 unspecified atom stereocenters. The molecule has 1 aromatic rings. The van der Waals surface area contributed by atoms with Gasteiger partial charge in [0, 0.05) is 13.1 Å². The number of rotatable bonds is 6. The van der Waals surface area contributed by atoms with Crippen molar-refractivity contribution >= 4 is 10.0 Å². The van der Waals surface area contributed by atoms with Crippen molar-refractivity contribution in [1.29, 1.82) is 0 Å². The predicted octanol–water partition coefficient (Wildman–Crippen LogP) is 2.14. The van der Waals surface area contributed by atoms with Gasteiger partial charge in [0.25, 0.3) is 0 Å². The molecule has 0 aliphatic heterocycles. The smallest absolute Gasteiger partial charge is 0.212 e. The van der Waals surface area contributed by atoms with E-state index in [1.54, 1.807) is 0 Å². The monoisotopic (exact) mass is 296 g/mol. The second kappa shape index (κ2) is 7.20. The SMILES string of the molecule is NCc1cccc(CNS(=O)(=O)CC2CCCCC2)c1. The number of hydrogen-bond donors (Lipinski definition) is 2. The van der Waals surface area contributed by atoms with Crippen LogP contribution in [0.1, 0.15) is 43.2 Å². The third-order valence-electron chi connectivity index (χ3n) is 3.90. The Balaban J connectivity index is 1.87. The fraction of sp³-hybridized carbons (Fsp3) is 0.600. The highest BCUT2D eigenvalue weighted by atomic mass is 32.2. The number of benzene rings is 1. The number of hydrogen-bond acceptors (Lipinski definition) is 3. The molecule has 2 rings (SSSR count). The summed E-state index contributed by atoms with van der Waals surface area (Å²) in [7, 11) is -3.18. The van der Waals surface area contributed by atoms with Crippen molar-refractivity contribution in [2.75, 3.05) is 5.75 Å². The molecule has 0 saturated heterocycles. The normalized spacial score (nSPS) is 17.2. The molecule has 3 N–H and O–H groups in total. The van der Waals surface area contributed by atoms with E-state index in [9.17, 15) is 8.42 Å². The zero-order valence-corrected chi connectivity index (χ0v) is 12.7. The Morgan fingerprint density at radius 3 is 2.55 bits per heavy atom. The van der Waals surface area contributed by atoms with Crippen molar-refractivity contribution < 1.29 is 8.42 Å². The summed E-state index contributed by atoms with van der Waals surface area (Å²) in [5.41, 5.74) is 7.57. The summed E-state index contributed by atoms with van der Waals surface area (Å²) in [5.74, 6) is 0.598. The maximum Gasteiger partial charge on any atom is 0.212 e. The summed E-state index contributed by atoms with van der Waals surface area (Å²) in [4.78, 5) is 0. The number of nitrogens with two attached hydrogens (primary N) is 1. The lowest BCUT2D eigenvalue weighted by Gasteiger charge is -2.21. The molecule has 5 heteroatoms. The molecular formula is C15H24N2O2S. The fourth-order valence-electron chi connectivity index (χ4n) is 2.78. The van der Waals surface area contributed by atoms with Gasteiger partial charge in [-0.25, -0.2) is 13.1 Å². The molecular weight excluding hydrogens is 272 g/mol. The van der Waals surface area contributed by atoms with E-state index >= 15 is 0 Å². The van der Waals surface area contributed by atoms with Crippen LogP contribution in [0, 0.1) is 5.92 Å². The predicted molar refractivity (Wildman–Crippen MR) is 81.5 cm³/mol. The molecule has 1 aliphatic rings. The lowest BCUT2D eigenvalue weighted by atomic mass is 9.91. The molecule has 0 atom stereocenters. The van der Waals surface area contributed by atoms with Crippen molar-refractivity contribution in [3.63, 3.8) is 0 Å². The first kappa shape index (κ1) is 15.5. The van der Waals surface area contributed by atoms with E-state index in [2.05, 4.69) is 4.72 Å². The van der Waals surface area contributed by atoms with E-state index in [1.165, 1.54) is 19.3 Å². The molecule has 20 heavy (non-hydrogen) atoms. The second-order valence-corrected chi connectivity index (χ2v) is 7.48. The van der Waals surface area contributed by atoms with Crippen molar-refractivity contribution in [2.45, 2.75) is 45.2 Å². The van der Waals surface area contributed by atoms with E-state index < -0.39 is 10.0 Å². The van der Waals surface area contributed by atoms with Crippen LogP contribution >= 0.6 is 0 Å². The van der Waals surface area contributed by atoms with Gasteiger partial charge in [0.2, 0.25) is 10.0 Å². The van der Waals surface area contributed by atoms with Crippen LogP contribution in [0.3, 0.4) is 0 Å². The van der Waals surface area contributed by atoms with Crippen LogP contribution in [-0.2, 0) is 23.1 Å². The Labute approximate surface area is 121 Å². The molecule has 0 spiro atoms. The summed E-state index contributed by atoms with van der Waals surface area (Å²) in [6, 6.07) is 7.72. The van der Waals surface area contributed by atoms with Gasteiger partial charge in [0.15, 0.2) is 0 Å². The zero-order chi connectivity index (χ0) is 14.4. The molecule has 1 saturated carbocycles. The van der Waals surface area contributed by atoms with Gasteiger partial charge in [-0.2, -0.15) is 0 Å². The van der Waals surface area contributed by atoms with Crippen molar-refractivity contribution in [2.24, 2.45) is 11.7 Å². The van der Waals surface area contributed by atoms with E-state index in [-0.39, 0.29) is 5.75 Å². The minimum atomic E-state index is -3.18. The van der Waals surface area contributed by atoms with Crippen LogP contribution in [0.15, 0.2) is 24.3 Å². The number of nitrogens with one attached hydrogen (secondary N) is 1. The van der Waals surface area contributed by atoms with Gasteiger partial charge in [-0.1, -0.05) is 43.5 Å². The van der Waals surface area contributed by atoms with Crippen LogP contribution < -0.4 is 10.5 Å². The first-order valence-electron chi connectivity index (χ1n) is 7.34. The summed E-state index contributed by atoms with van der Waals surface area (Å²) in [5, 5.41) is 0. The molecule has 112 valence electrons. The lowest BCUT2D eigenvalue weighted by Crippen LogP contribution is -2.30. The average molecular weight is 296 g/mol. The molecule has 0 bridgehead atoms. The molecule has 4 nitrogen and oxygen atoms in total. The Hall–Kier alpha value is -0.910. The third-order valence-corrected chi connectivity index (χ3v) is 5.40. The molecule has 1 aliphatic carbocycles. The molecule has 1 aromatic carbocycles. The lowest BCUT2D eigenvalue weighted by molar-refractivity contribution is 0.384. The van der Waals surface area contributed by atoms with Gasteiger partial charge in [0.05, 0.1) is 5.75 Å². The average Bonchev–Trinajstić information content (AvgIpc) is 2.46. The molecule has 1 fully saturated rings. The van der Waals surface area contributed by atoms with Gasteiger partial charge >= 0.3 is 0 Å². The topological polar surface area (TPSA) is 72.2 Å². The highest BCUT2D eigenvalue weighted by Gasteiger charge is 2.20.